The van der Waals surface area contributed by atoms with Crippen LogP contribution in [0.25, 0.3) is 4.98 Å². The third-order valence-corrected chi connectivity index (χ3v) is 1.10. The Morgan fingerprint density at radius 3 is 2.30 bits per heavy atom. The van der Waals surface area contributed by atoms with Gasteiger partial charge in [-0.2, -0.15) is 0 Å². The molecule has 3 heteroatoms. The minimum Gasteiger partial charge on any atom is -1.00 e. The summed E-state index contributed by atoms with van der Waals surface area (Å²) in [7, 11) is 0. The summed E-state index contributed by atoms with van der Waals surface area (Å²) in [5.41, 5.74) is 1.03. The van der Waals surface area contributed by atoms with Gasteiger partial charge in [0.1, 0.15) is 4.98 Å². The van der Waals surface area contributed by atoms with E-state index in [4.69, 9.17) is 5.39 Å². The van der Waals surface area contributed by atoms with Crippen molar-refractivity contribution in [2.24, 2.45) is 0 Å². The second kappa shape index (κ2) is 5.18. The predicted molar refractivity (Wildman–Crippen MR) is 35.2 cm³/mol. The van der Waals surface area contributed by atoms with E-state index in [2.05, 4.69) is 4.98 Å². The Morgan fingerprint density at radius 1 is 1.20 bits per heavy atom. The van der Waals surface area contributed by atoms with Gasteiger partial charge >= 0.3 is 6.54 Å². The fourth-order valence-electron chi connectivity index (χ4n) is 0.665. The van der Waals surface area contributed by atoms with Gasteiger partial charge in [-0.25, -0.2) is 0 Å². The normalized spacial score (nSPS) is 7.50. The zero-order valence-electron chi connectivity index (χ0n) is 5.37. The summed E-state index contributed by atoms with van der Waals surface area (Å²) in [4.78, 5) is 3.01. The fourth-order valence-corrected chi connectivity index (χ4v) is 0.665. The average Bonchev–Trinajstić information content (AvgIpc) is 1.91. The highest BCUT2D eigenvalue weighted by atomic mass is 127. The van der Waals surface area contributed by atoms with Crippen LogP contribution in [0.5, 0.6) is 0 Å². The smallest absolute Gasteiger partial charge is 0.330 e. The van der Waals surface area contributed by atoms with Crippen molar-refractivity contribution in [2.45, 2.75) is 6.54 Å². The summed E-state index contributed by atoms with van der Waals surface area (Å²) in [6.45, 7) is 0.390. The molecule has 0 unspecified atom stereocenters. The molecule has 0 fully saturated rings. The molecule has 0 radical (unpaired) electrons. The molecule has 0 heterocycles. The first kappa shape index (κ1) is 9.37. The summed E-state index contributed by atoms with van der Waals surface area (Å²) < 4.78 is 0. The maximum absolute atomic E-state index is 8.14. The molecule has 10 heavy (non-hydrogen) atoms. The van der Waals surface area contributed by atoms with Gasteiger partial charge in [0.15, 0.2) is 0 Å². The third kappa shape index (κ3) is 2.78. The molecule has 1 aromatic carbocycles. The molecule has 0 bridgehead atoms. The maximum atomic E-state index is 8.14. The van der Waals surface area contributed by atoms with Crippen LogP contribution in [-0.4, -0.2) is 0 Å². The van der Waals surface area contributed by atoms with Gasteiger partial charge in [-0.15, -0.1) is 0 Å². The van der Waals surface area contributed by atoms with Crippen LogP contribution in [0.2, 0.25) is 0 Å². The first-order valence-electron chi connectivity index (χ1n) is 2.78. The highest BCUT2D eigenvalue weighted by molar-refractivity contribution is 5.15. The predicted octanol–water partition coefficient (Wildman–Crippen LogP) is -0.956. The van der Waals surface area contributed by atoms with Gasteiger partial charge in [-0.3, -0.25) is 0 Å². The zero-order valence-corrected chi connectivity index (χ0v) is 7.52. The third-order valence-electron chi connectivity index (χ3n) is 1.10. The van der Waals surface area contributed by atoms with E-state index in [0.29, 0.717) is 6.54 Å². The molecule has 0 saturated heterocycles. The second-order valence-corrected chi connectivity index (χ2v) is 1.79. The van der Waals surface area contributed by atoms with Crippen molar-refractivity contribution in [1.82, 2.24) is 0 Å². The SMILES string of the molecule is N#[N+]Cc1ccccc1.[I-]. The summed E-state index contributed by atoms with van der Waals surface area (Å²) in [6, 6.07) is 9.60. The van der Waals surface area contributed by atoms with Crippen molar-refractivity contribution < 1.29 is 24.0 Å². The number of hydrogen-bond donors (Lipinski definition) is 0. The van der Waals surface area contributed by atoms with Crippen molar-refractivity contribution in [1.29, 1.82) is 5.39 Å². The molecule has 0 aliphatic carbocycles. The van der Waals surface area contributed by atoms with Crippen molar-refractivity contribution in [3.63, 3.8) is 0 Å². The number of halogens is 1. The zero-order chi connectivity index (χ0) is 6.53. The first-order chi connectivity index (χ1) is 4.43. The summed E-state index contributed by atoms with van der Waals surface area (Å²) in [5, 5.41) is 8.14. The van der Waals surface area contributed by atoms with Crippen LogP contribution in [0.3, 0.4) is 0 Å². The molecular formula is C7H7IN2. The van der Waals surface area contributed by atoms with Crippen LogP contribution >= 0.6 is 0 Å². The van der Waals surface area contributed by atoms with Crippen LogP contribution in [0.1, 0.15) is 5.56 Å². The van der Waals surface area contributed by atoms with E-state index in [0.717, 1.165) is 5.56 Å². The van der Waals surface area contributed by atoms with Crippen molar-refractivity contribution in [3.8, 4) is 0 Å². The topological polar surface area (TPSA) is 28.1 Å². The quantitative estimate of drug-likeness (QED) is 0.463. The molecule has 0 aliphatic rings. The molecule has 1 aromatic rings. The molecule has 0 N–H and O–H groups in total. The van der Waals surface area contributed by atoms with Gasteiger partial charge in [0.25, 0.3) is 0 Å². The molecular weight excluding hydrogens is 239 g/mol. The molecule has 0 saturated carbocycles. The van der Waals surface area contributed by atoms with Crippen LogP contribution in [0.15, 0.2) is 30.3 Å². The summed E-state index contributed by atoms with van der Waals surface area (Å²) in [5.74, 6) is 0. The van der Waals surface area contributed by atoms with Crippen LogP contribution in [0, 0.1) is 5.39 Å². The lowest BCUT2D eigenvalue weighted by Gasteiger charge is -1.81. The Labute approximate surface area is 76.9 Å². The van der Waals surface area contributed by atoms with Crippen molar-refractivity contribution in [3.05, 3.63) is 40.9 Å². The maximum Gasteiger partial charge on any atom is 0.330 e. The molecule has 0 amide bonds. The number of benzene rings is 1. The molecule has 0 atom stereocenters. The molecule has 0 aliphatic heterocycles. The van der Waals surface area contributed by atoms with Crippen LogP contribution in [0.4, 0.5) is 0 Å². The Morgan fingerprint density at radius 2 is 1.80 bits per heavy atom. The van der Waals surface area contributed by atoms with E-state index in [1.165, 1.54) is 0 Å². The minimum atomic E-state index is 0. The van der Waals surface area contributed by atoms with E-state index in [1.807, 2.05) is 30.3 Å². The van der Waals surface area contributed by atoms with E-state index in [1.54, 1.807) is 0 Å². The standard InChI is InChI=1S/C7H7N2.HI/c8-9-6-7-4-2-1-3-5-7;/h1-5H,6H2;1H/q+1;/p-1. The summed E-state index contributed by atoms with van der Waals surface area (Å²) in [6.07, 6.45) is 0. The number of nitrogens with zero attached hydrogens (tertiary/aromatic N) is 2. The second-order valence-electron chi connectivity index (χ2n) is 1.79. The average molecular weight is 246 g/mol. The van der Waals surface area contributed by atoms with Gasteiger partial charge in [-0.1, -0.05) is 30.3 Å². The minimum absolute atomic E-state index is 0. The monoisotopic (exact) mass is 246 g/mol. The van der Waals surface area contributed by atoms with E-state index < -0.39 is 0 Å². The molecule has 0 spiro atoms. The number of rotatable bonds is 1. The van der Waals surface area contributed by atoms with Crippen LogP contribution < -0.4 is 24.0 Å². The van der Waals surface area contributed by atoms with Gasteiger partial charge in [0.05, 0.1) is 0 Å². The fraction of sp³-hybridized carbons (Fsp3) is 0.143. The van der Waals surface area contributed by atoms with Gasteiger partial charge in [0.2, 0.25) is 5.39 Å². The Kier molecular flexibility index (Phi) is 4.85. The van der Waals surface area contributed by atoms with E-state index in [9.17, 15) is 0 Å². The molecule has 0 aromatic heterocycles. The first-order valence-corrected chi connectivity index (χ1v) is 2.78. The lowest BCUT2D eigenvalue weighted by Crippen LogP contribution is -3.00. The summed E-state index contributed by atoms with van der Waals surface area (Å²) >= 11 is 0. The van der Waals surface area contributed by atoms with Crippen molar-refractivity contribution in [2.75, 3.05) is 0 Å². The van der Waals surface area contributed by atoms with Gasteiger partial charge in [-0.05, 0) is 0 Å². The lowest BCUT2D eigenvalue weighted by molar-refractivity contribution is -0.00000211. The van der Waals surface area contributed by atoms with Gasteiger partial charge in [0, 0.05) is 5.56 Å². The largest absolute Gasteiger partial charge is 1.00 e. The van der Waals surface area contributed by atoms with Crippen molar-refractivity contribution >= 4 is 0 Å². The number of hydrogen-bond acceptors (Lipinski definition) is 1. The van der Waals surface area contributed by atoms with Crippen LogP contribution in [-0.2, 0) is 6.54 Å². The lowest BCUT2D eigenvalue weighted by atomic mass is 10.2. The van der Waals surface area contributed by atoms with Gasteiger partial charge < -0.3 is 24.0 Å². The molecule has 2 nitrogen and oxygen atoms in total. The molecule has 1 rings (SSSR count). The number of diazo groups is 1. The highest BCUT2D eigenvalue weighted by Gasteiger charge is 1.94. The Hall–Kier alpha value is -0.630. The Bertz CT molecular complexity index is 215. The molecule has 52 valence electrons. The van der Waals surface area contributed by atoms with E-state index in [-0.39, 0.29) is 24.0 Å². The Balaban J connectivity index is 0.000000810. The highest BCUT2D eigenvalue weighted by Crippen LogP contribution is 1.98. The van der Waals surface area contributed by atoms with E-state index >= 15 is 0 Å².